The molecule has 3 rings (SSSR count). The van der Waals surface area contributed by atoms with Gasteiger partial charge in [-0.2, -0.15) is 0 Å². The molecule has 2 aromatic carbocycles. The molecule has 1 heterocycles. The summed E-state index contributed by atoms with van der Waals surface area (Å²) in [4.78, 5) is 10.7. The number of anilines is 2. The lowest BCUT2D eigenvalue weighted by molar-refractivity contribution is -0.382. The number of nitrogens with zero attached hydrogens (tertiary/aromatic N) is 3. The molecule has 21 heavy (non-hydrogen) atoms. The number of alkyl halides is 1. The number of fused-ring (bicyclic) bond motifs is 1. The van der Waals surface area contributed by atoms with Crippen molar-refractivity contribution >= 4 is 28.1 Å². The van der Waals surface area contributed by atoms with Crippen molar-refractivity contribution in [2.45, 2.75) is 6.67 Å². The number of hydrogen-bond acceptors (Lipinski definition) is 6. The van der Waals surface area contributed by atoms with Gasteiger partial charge in [-0.1, -0.05) is 12.1 Å². The van der Waals surface area contributed by atoms with Crippen LogP contribution in [0.3, 0.4) is 0 Å². The van der Waals surface area contributed by atoms with Gasteiger partial charge < -0.3 is 5.32 Å². The Hall–Kier alpha value is -3.03. The Labute approximate surface area is 117 Å². The Balaban J connectivity index is 2.07. The largest absolute Gasteiger partial charge is 0.350 e. The molecule has 0 bridgehead atoms. The van der Waals surface area contributed by atoms with Crippen molar-refractivity contribution in [2.75, 3.05) is 5.32 Å². The highest BCUT2D eigenvalue weighted by atomic mass is 19.1. The van der Waals surface area contributed by atoms with Crippen LogP contribution in [0.4, 0.5) is 21.5 Å². The summed E-state index contributed by atoms with van der Waals surface area (Å²) in [5.74, 6) is 0. The van der Waals surface area contributed by atoms with E-state index in [1.54, 1.807) is 30.3 Å². The van der Waals surface area contributed by atoms with Gasteiger partial charge in [-0.3, -0.25) is 10.1 Å². The lowest BCUT2D eigenvalue weighted by atomic mass is 10.2. The van der Waals surface area contributed by atoms with Gasteiger partial charge in [-0.15, -0.1) is 0 Å². The third kappa shape index (κ3) is 2.38. The van der Waals surface area contributed by atoms with Crippen molar-refractivity contribution in [1.82, 2.24) is 10.3 Å². The Bertz CT molecular complexity index is 818. The first-order chi connectivity index (χ1) is 10.2. The molecule has 0 amide bonds. The van der Waals surface area contributed by atoms with Gasteiger partial charge in [0.15, 0.2) is 0 Å². The van der Waals surface area contributed by atoms with Crippen molar-refractivity contribution in [3.63, 3.8) is 0 Å². The Kier molecular flexibility index (Phi) is 3.19. The maximum Gasteiger partial charge on any atom is 0.323 e. The van der Waals surface area contributed by atoms with Crippen molar-refractivity contribution in [2.24, 2.45) is 0 Å². The summed E-state index contributed by atoms with van der Waals surface area (Å²) in [5, 5.41) is 21.3. The molecule has 0 atom stereocenters. The molecule has 0 saturated carbocycles. The van der Waals surface area contributed by atoms with Crippen molar-refractivity contribution in [3.8, 4) is 0 Å². The Morgan fingerprint density at radius 3 is 2.90 bits per heavy atom. The highest BCUT2D eigenvalue weighted by molar-refractivity contribution is 5.91. The van der Waals surface area contributed by atoms with E-state index >= 15 is 0 Å². The van der Waals surface area contributed by atoms with E-state index in [-0.39, 0.29) is 16.9 Å². The lowest BCUT2D eigenvalue weighted by Crippen LogP contribution is -1.98. The average Bonchev–Trinajstić information content (AvgIpc) is 2.95. The maximum atomic E-state index is 12.7. The summed E-state index contributed by atoms with van der Waals surface area (Å²) in [6, 6.07) is 9.62. The first kappa shape index (κ1) is 13.0. The normalized spacial score (nSPS) is 10.7. The fourth-order valence-electron chi connectivity index (χ4n) is 2.01. The van der Waals surface area contributed by atoms with Crippen molar-refractivity contribution in [1.29, 1.82) is 0 Å². The fourth-order valence-corrected chi connectivity index (χ4v) is 2.01. The first-order valence-corrected chi connectivity index (χ1v) is 6.00. The van der Waals surface area contributed by atoms with E-state index in [0.29, 0.717) is 16.8 Å². The highest BCUT2D eigenvalue weighted by Gasteiger charge is 2.22. The van der Waals surface area contributed by atoms with E-state index in [2.05, 4.69) is 20.3 Å². The van der Waals surface area contributed by atoms with Crippen molar-refractivity contribution in [3.05, 3.63) is 52.1 Å². The van der Waals surface area contributed by atoms with Gasteiger partial charge in [0.2, 0.25) is 5.52 Å². The van der Waals surface area contributed by atoms with E-state index in [4.69, 9.17) is 0 Å². The molecule has 0 unspecified atom stereocenters. The van der Waals surface area contributed by atoms with Gasteiger partial charge in [0.25, 0.3) is 0 Å². The van der Waals surface area contributed by atoms with Gasteiger partial charge in [0, 0.05) is 5.69 Å². The first-order valence-electron chi connectivity index (χ1n) is 6.00. The minimum absolute atomic E-state index is 0.0617. The summed E-state index contributed by atoms with van der Waals surface area (Å²) in [6.07, 6.45) is 0. The van der Waals surface area contributed by atoms with Crippen LogP contribution in [0.1, 0.15) is 5.56 Å². The topological polar surface area (TPSA) is 94.1 Å². The van der Waals surface area contributed by atoms with Crippen LogP contribution < -0.4 is 5.32 Å². The highest BCUT2D eigenvalue weighted by Crippen LogP contribution is 2.33. The minimum atomic E-state index is -0.607. The van der Waals surface area contributed by atoms with E-state index in [9.17, 15) is 14.5 Å². The van der Waals surface area contributed by atoms with Crippen LogP contribution in [0.5, 0.6) is 0 Å². The minimum Gasteiger partial charge on any atom is -0.350 e. The molecule has 0 spiro atoms. The van der Waals surface area contributed by atoms with Crippen molar-refractivity contribution < 1.29 is 13.9 Å². The van der Waals surface area contributed by atoms with Gasteiger partial charge >= 0.3 is 5.69 Å². The maximum absolute atomic E-state index is 12.7. The Morgan fingerprint density at radius 2 is 2.14 bits per heavy atom. The second-order valence-electron chi connectivity index (χ2n) is 4.31. The zero-order valence-corrected chi connectivity index (χ0v) is 10.6. The quantitative estimate of drug-likeness (QED) is 0.584. The second-order valence-corrected chi connectivity index (χ2v) is 4.31. The van der Waals surface area contributed by atoms with Crippen LogP contribution in [-0.2, 0) is 6.67 Å². The molecular formula is C13H9FN4O3. The summed E-state index contributed by atoms with van der Waals surface area (Å²) in [6.45, 7) is -0.607. The predicted molar refractivity (Wildman–Crippen MR) is 73.0 cm³/mol. The summed E-state index contributed by atoms with van der Waals surface area (Å²) in [5.41, 5.74) is 1.38. The number of nitrogens with one attached hydrogen (secondary N) is 1. The average molecular weight is 288 g/mol. The molecule has 7 nitrogen and oxygen atoms in total. The monoisotopic (exact) mass is 288 g/mol. The Morgan fingerprint density at radius 1 is 1.29 bits per heavy atom. The third-order valence-electron chi connectivity index (χ3n) is 2.94. The molecule has 106 valence electrons. The molecule has 0 aliphatic rings. The molecule has 0 aliphatic heterocycles. The number of nitro benzene ring substituents is 1. The summed E-state index contributed by atoms with van der Waals surface area (Å²) in [7, 11) is 0. The van der Waals surface area contributed by atoms with E-state index in [1.165, 1.54) is 6.07 Å². The third-order valence-corrected chi connectivity index (χ3v) is 2.94. The molecule has 3 aromatic rings. The SMILES string of the molecule is O=[N+]([O-])c1c(Nc2cccc(CF)c2)ccc2nonc12. The standard InChI is InChI=1S/C13H9FN4O3/c14-7-8-2-1-3-9(6-8)15-11-5-4-10-12(17-21-16-10)13(11)18(19)20/h1-6,15H,7H2. The molecule has 0 radical (unpaired) electrons. The second kappa shape index (κ2) is 5.16. The van der Waals surface area contributed by atoms with Crippen LogP contribution in [0, 0.1) is 10.1 Å². The van der Waals surface area contributed by atoms with E-state index in [1.807, 2.05) is 0 Å². The summed E-state index contributed by atoms with van der Waals surface area (Å²) < 4.78 is 17.2. The smallest absolute Gasteiger partial charge is 0.323 e. The molecule has 0 fully saturated rings. The van der Waals surface area contributed by atoms with Crippen LogP contribution >= 0.6 is 0 Å². The molecule has 0 saturated heterocycles. The number of benzene rings is 2. The van der Waals surface area contributed by atoms with Crippen LogP contribution in [0.25, 0.3) is 11.0 Å². The van der Waals surface area contributed by atoms with Gasteiger partial charge in [-0.25, -0.2) is 9.02 Å². The fraction of sp³-hybridized carbons (Fsp3) is 0.0769. The zero-order chi connectivity index (χ0) is 14.8. The van der Waals surface area contributed by atoms with Crippen LogP contribution in [0.15, 0.2) is 41.0 Å². The number of hydrogen-bond donors (Lipinski definition) is 1. The van der Waals surface area contributed by atoms with Gasteiger partial charge in [-0.05, 0) is 40.1 Å². The number of rotatable bonds is 4. The number of halogens is 1. The molecule has 1 aromatic heterocycles. The van der Waals surface area contributed by atoms with Gasteiger partial charge in [0.05, 0.1) is 4.92 Å². The number of nitro groups is 1. The number of aromatic nitrogens is 2. The molecule has 8 heteroatoms. The predicted octanol–water partition coefficient (Wildman–Crippen LogP) is 3.34. The van der Waals surface area contributed by atoms with E-state index < -0.39 is 11.6 Å². The molecule has 1 N–H and O–H groups in total. The van der Waals surface area contributed by atoms with Gasteiger partial charge in [0.1, 0.15) is 17.9 Å². The van der Waals surface area contributed by atoms with Crippen LogP contribution in [0.2, 0.25) is 0 Å². The molecule has 0 aliphatic carbocycles. The zero-order valence-electron chi connectivity index (χ0n) is 10.6. The summed E-state index contributed by atoms with van der Waals surface area (Å²) >= 11 is 0. The van der Waals surface area contributed by atoms with Crippen LogP contribution in [-0.4, -0.2) is 15.2 Å². The lowest BCUT2D eigenvalue weighted by Gasteiger charge is -2.07. The molecular weight excluding hydrogens is 279 g/mol. The van der Waals surface area contributed by atoms with E-state index in [0.717, 1.165) is 0 Å².